The SMILES string of the molecule is c1ccc(-c2cccc(N(c3ccc4c(c3)oc3cc5ccccc5cc34)c3cc4ccc5ccccc5c4c4ccccc34)c2)cc1. The monoisotopic (exact) mass is 611 g/mol. The van der Waals surface area contributed by atoms with Crippen LogP contribution in [0.5, 0.6) is 0 Å². The first-order valence-corrected chi connectivity index (χ1v) is 16.4. The molecule has 10 rings (SSSR count). The molecule has 10 aromatic rings. The quantitative estimate of drug-likeness (QED) is 0.184. The number of rotatable bonds is 4. The van der Waals surface area contributed by atoms with E-state index in [0.717, 1.165) is 39.0 Å². The highest BCUT2D eigenvalue weighted by Crippen LogP contribution is 2.45. The minimum atomic E-state index is 0.873. The normalized spacial score (nSPS) is 11.8. The fourth-order valence-corrected chi connectivity index (χ4v) is 7.52. The van der Waals surface area contributed by atoms with Gasteiger partial charge in [-0.05, 0) is 91.3 Å². The minimum Gasteiger partial charge on any atom is -0.456 e. The second-order valence-electron chi connectivity index (χ2n) is 12.6. The first kappa shape index (κ1) is 26.8. The van der Waals surface area contributed by atoms with Gasteiger partial charge in [0.2, 0.25) is 0 Å². The van der Waals surface area contributed by atoms with Gasteiger partial charge in [-0.2, -0.15) is 0 Å². The van der Waals surface area contributed by atoms with E-state index in [1.165, 1.54) is 54.2 Å². The molecule has 2 heteroatoms. The Morgan fingerprint density at radius 1 is 0.333 bits per heavy atom. The Hall–Kier alpha value is -6.38. The minimum absolute atomic E-state index is 0.873. The molecular formula is C46H29NO. The van der Waals surface area contributed by atoms with Crippen molar-refractivity contribution in [2.75, 3.05) is 4.90 Å². The van der Waals surface area contributed by atoms with Crippen LogP contribution in [0.3, 0.4) is 0 Å². The van der Waals surface area contributed by atoms with Crippen LogP contribution in [0.15, 0.2) is 180 Å². The maximum atomic E-state index is 6.60. The standard InChI is InChI=1S/C46H29NO/c1-2-11-30(12-3-1)32-16-10-17-36(25-32)47(37-23-24-40-42-26-33-14-4-5-15-34(33)28-44(42)48-45(40)29-37)43-27-35-22-21-31-13-6-7-18-38(31)46(35)41-20-9-8-19-39(41)43/h1-29H. The summed E-state index contributed by atoms with van der Waals surface area (Å²) < 4.78 is 6.60. The zero-order valence-corrected chi connectivity index (χ0v) is 26.1. The molecule has 224 valence electrons. The second-order valence-corrected chi connectivity index (χ2v) is 12.6. The summed E-state index contributed by atoms with van der Waals surface area (Å²) in [6.45, 7) is 0. The van der Waals surface area contributed by atoms with Gasteiger partial charge in [0.25, 0.3) is 0 Å². The molecule has 1 heterocycles. The third-order valence-corrected chi connectivity index (χ3v) is 9.76. The molecule has 0 amide bonds. The van der Waals surface area contributed by atoms with Crippen LogP contribution in [0.25, 0.3) is 76.2 Å². The summed E-state index contributed by atoms with van der Waals surface area (Å²) in [6, 6.07) is 63.4. The molecule has 0 saturated heterocycles. The van der Waals surface area contributed by atoms with Crippen LogP contribution in [-0.4, -0.2) is 0 Å². The van der Waals surface area contributed by atoms with Crippen LogP contribution in [-0.2, 0) is 0 Å². The molecule has 0 saturated carbocycles. The van der Waals surface area contributed by atoms with E-state index in [1.807, 2.05) is 0 Å². The molecule has 0 unspecified atom stereocenters. The van der Waals surface area contributed by atoms with Crippen LogP contribution >= 0.6 is 0 Å². The molecule has 9 aromatic carbocycles. The van der Waals surface area contributed by atoms with Gasteiger partial charge in [0.05, 0.1) is 5.69 Å². The number of nitrogens with zero attached hydrogens (tertiary/aromatic N) is 1. The Morgan fingerprint density at radius 2 is 0.979 bits per heavy atom. The van der Waals surface area contributed by atoms with Crippen LogP contribution < -0.4 is 4.90 Å². The molecule has 0 aliphatic heterocycles. The van der Waals surface area contributed by atoms with Gasteiger partial charge >= 0.3 is 0 Å². The molecule has 2 nitrogen and oxygen atoms in total. The van der Waals surface area contributed by atoms with E-state index in [4.69, 9.17) is 4.42 Å². The molecule has 48 heavy (non-hydrogen) atoms. The van der Waals surface area contributed by atoms with Gasteiger partial charge in [-0.25, -0.2) is 0 Å². The van der Waals surface area contributed by atoms with E-state index in [0.29, 0.717) is 0 Å². The molecular weight excluding hydrogens is 583 g/mol. The van der Waals surface area contributed by atoms with Crippen molar-refractivity contribution in [2.45, 2.75) is 0 Å². The first-order chi connectivity index (χ1) is 23.8. The van der Waals surface area contributed by atoms with Crippen LogP contribution in [0.4, 0.5) is 17.1 Å². The Kier molecular flexibility index (Phi) is 5.91. The largest absolute Gasteiger partial charge is 0.456 e. The summed E-state index contributed by atoms with van der Waals surface area (Å²) in [6.07, 6.45) is 0. The van der Waals surface area contributed by atoms with Crippen LogP contribution in [0.2, 0.25) is 0 Å². The summed E-state index contributed by atoms with van der Waals surface area (Å²) >= 11 is 0. The Labute approximate surface area is 277 Å². The fourth-order valence-electron chi connectivity index (χ4n) is 7.52. The van der Waals surface area contributed by atoms with Gasteiger partial charge < -0.3 is 9.32 Å². The van der Waals surface area contributed by atoms with Crippen LogP contribution in [0, 0.1) is 0 Å². The zero-order valence-electron chi connectivity index (χ0n) is 26.1. The molecule has 0 spiro atoms. The molecule has 0 aliphatic carbocycles. The lowest BCUT2D eigenvalue weighted by Gasteiger charge is -2.28. The van der Waals surface area contributed by atoms with Crippen molar-refractivity contribution in [1.29, 1.82) is 0 Å². The van der Waals surface area contributed by atoms with Crippen molar-refractivity contribution in [3.8, 4) is 11.1 Å². The Morgan fingerprint density at radius 3 is 1.83 bits per heavy atom. The molecule has 0 N–H and O–H groups in total. The van der Waals surface area contributed by atoms with Gasteiger partial charge in [-0.3, -0.25) is 0 Å². The van der Waals surface area contributed by atoms with Crippen molar-refractivity contribution in [3.05, 3.63) is 176 Å². The highest BCUT2D eigenvalue weighted by molar-refractivity contribution is 6.23. The molecule has 0 bridgehead atoms. The zero-order chi connectivity index (χ0) is 31.6. The Bertz CT molecular complexity index is 2850. The smallest absolute Gasteiger partial charge is 0.137 e. The third kappa shape index (κ3) is 4.20. The van der Waals surface area contributed by atoms with Crippen LogP contribution in [0.1, 0.15) is 0 Å². The van der Waals surface area contributed by atoms with E-state index in [-0.39, 0.29) is 0 Å². The third-order valence-electron chi connectivity index (χ3n) is 9.76. The summed E-state index contributed by atoms with van der Waals surface area (Å²) in [7, 11) is 0. The number of hydrogen-bond acceptors (Lipinski definition) is 2. The lowest BCUT2D eigenvalue weighted by atomic mass is 9.94. The number of furan rings is 1. The summed E-state index contributed by atoms with van der Waals surface area (Å²) in [5, 5.41) is 12.1. The fraction of sp³-hybridized carbons (Fsp3) is 0. The number of hydrogen-bond donors (Lipinski definition) is 0. The highest BCUT2D eigenvalue weighted by Gasteiger charge is 2.20. The van der Waals surface area contributed by atoms with Gasteiger partial charge in [-0.15, -0.1) is 0 Å². The topological polar surface area (TPSA) is 16.4 Å². The molecule has 0 atom stereocenters. The second kappa shape index (κ2) is 10.6. The highest BCUT2D eigenvalue weighted by atomic mass is 16.3. The van der Waals surface area contributed by atoms with Gasteiger partial charge in [0.15, 0.2) is 0 Å². The van der Waals surface area contributed by atoms with Gasteiger partial charge in [0, 0.05) is 33.6 Å². The van der Waals surface area contributed by atoms with Gasteiger partial charge in [0.1, 0.15) is 11.2 Å². The number of anilines is 3. The van der Waals surface area contributed by atoms with Gasteiger partial charge in [-0.1, -0.05) is 127 Å². The van der Waals surface area contributed by atoms with Crippen molar-refractivity contribution in [1.82, 2.24) is 0 Å². The first-order valence-electron chi connectivity index (χ1n) is 16.4. The lowest BCUT2D eigenvalue weighted by molar-refractivity contribution is 0.669. The van der Waals surface area contributed by atoms with E-state index < -0.39 is 0 Å². The average molecular weight is 612 g/mol. The molecule has 0 radical (unpaired) electrons. The summed E-state index contributed by atoms with van der Waals surface area (Å²) in [5.41, 5.74) is 7.39. The predicted molar refractivity (Wildman–Crippen MR) is 204 cm³/mol. The number of benzene rings is 9. The Balaban J connectivity index is 1.26. The lowest BCUT2D eigenvalue weighted by Crippen LogP contribution is -2.10. The van der Waals surface area contributed by atoms with E-state index in [9.17, 15) is 0 Å². The maximum absolute atomic E-state index is 6.60. The number of fused-ring (bicyclic) bond motifs is 9. The van der Waals surface area contributed by atoms with E-state index in [2.05, 4.69) is 181 Å². The molecule has 0 fully saturated rings. The van der Waals surface area contributed by atoms with Crippen molar-refractivity contribution in [3.63, 3.8) is 0 Å². The van der Waals surface area contributed by atoms with Crippen molar-refractivity contribution >= 4 is 82.1 Å². The van der Waals surface area contributed by atoms with Crippen molar-refractivity contribution in [2.24, 2.45) is 0 Å². The molecule has 0 aliphatic rings. The summed E-state index contributed by atoms with van der Waals surface area (Å²) in [5.74, 6) is 0. The average Bonchev–Trinajstić information content (AvgIpc) is 3.50. The maximum Gasteiger partial charge on any atom is 0.137 e. The summed E-state index contributed by atoms with van der Waals surface area (Å²) in [4.78, 5) is 2.40. The molecule has 1 aromatic heterocycles. The van der Waals surface area contributed by atoms with Crippen molar-refractivity contribution < 1.29 is 4.42 Å². The van der Waals surface area contributed by atoms with E-state index >= 15 is 0 Å². The van der Waals surface area contributed by atoms with E-state index in [1.54, 1.807) is 0 Å². The predicted octanol–water partition coefficient (Wildman–Crippen LogP) is 13.3.